The zero-order valence-corrected chi connectivity index (χ0v) is 14.6. The fraction of sp³-hybridized carbons (Fsp3) is 0.529. The second-order valence-corrected chi connectivity index (χ2v) is 6.91. The Morgan fingerprint density at radius 3 is 2.36 bits per heavy atom. The minimum atomic E-state index is -0.583. The largest absolute Gasteiger partial charge is 0.348 e. The molecule has 0 spiro atoms. The van der Waals surface area contributed by atoms with Gasteiger partial charge in [-0.1, -0.05) is 51.4 Å². The first-order valence-corrected chi connectivity index (χ1v) is 7.89. The molecule has 122 valence electrons. The zero-order valence-electron chi connectivity index (χ0n) is 13.9. The molecule has 2 N–H and O–H groups in total. The maximum atomic E-state index is 12.3. The smallest absolute Gasteiger partial charge is 0.242 e. The molecule has 1 aromatic carbocycles. The Labute approximate surface area is 137 Å². The van der Waals surface area contributed by atoms with Crippen LogP contribution in [0.15, 0.2) is 24.3 Å². The number of hydrogen-bond acceptors (Lipinski definition) is 2. The van der Waals surface area contributed by atoms with Crippen molar-refractivity contribution in [1.82, 2.24) is 10.6 Å². The molecule has 0 saturated heterocycles. The first kappa shape index (κ1) is 18.5. The molecule has 0 bridgehead atoms. The molecule has 0 heterocycles. The van der Waals surface area contributed by atoms with E-state index in [0.29, 0.717) is 5.02 Å². The van der Waals surface area contributed by atoms with Crippen molar-refractivity contribution in [3.8, 4) is 0 Å². The molecule has 0 aliphatic heterocycles. The van der Waals surface area contributed by atoms with Gasteiger partial charge < -0.3 is 10.6 Å². The van der Waals surface area contributed by atoms with Gasteiger partial charge in [0.25, 0.3) is 0 Å². The predicted molar refractivity (Wildman–Crippen MR) is 89.7 cm³/mol. The molecule has 1 aromatic rings. The van der Waals surface area contributed by atoms with Crippen LogP contribution in [0, 0.1) is 5.41 Å². The van der Waals surface area contributed by atoms with Gasteiger partial charge in [-0.05, 0) is 31.0 Å². The van der Waals surface area contributed by atoms with E-state index in [9.17, 15) is 9.59 Å². The molecular formula is C17H25ClN2O2. The van der Waals surface area contributed by atoms with Crippen molar-refractivity contribution in [1.29, 1.82) is 0 Å². The molecule has 5 heteroatoms. The summed E-state index contributed by atoms with van der Waals surface area (Å²) in [5.74, 6) is -0.352. The van der Waals surface area contributed by atoms with Crippen LogP contribution in [-0.2, 0) is 9.59 Å². The van der Waals surface area contributed by atoms with Gasteiger partial charge in [0, 0.05) is 10.4 Å². The minimum Gasteiger partial charge on any atom is -0.348 e. The average Bonchev–Trinajstić information content (AvgIpc) is 2.43. The molecule has 2 unspecified atom stereocenters. The van der Waals surface area contributed by atoms with E-state index in [2.05, 4.69) is 10.6 Å². The lowest BCUT2D eigenvalue weighted by molar-refractivity contribution is -0.133. The van der Waals surface area contributed by atoms with Crippen LogP contribution in [0.1, 0.15) is 52.6 Å². The first-order chi connectivity index (χ1) is 10.1. The number of carbonyl (C=O) groups excluding carboxylic acids is 2. The van der Waals surface area contributed by atoms with Crippen molar-refractivity contribution in [2.45, 2.75) is 53.1 Å². The number of amides is 2. The van der Waals surface area contributed by atoms with Crippen molar-refractivity contribution in [3.05, 3.63) is 34.9 Å². The minimum absolute atomic E-state index is 0.125. The fourth-order valence-electron chi connectivity index (χ4n) is 1.92. The predicted octanol–water partition coefficient (Wildman–Crippen LogP) is 3.46. The molecule has 0 aliphatic rings. The molecule has 0 radical (unpaired) electrons. The highest BCUT2D eigenvalue weighted by atomic mass is 35.5. The summed E-state index contributed by atoms with van der Waals surface area (Å²) in [6.07, 6.45) is 0.742. The third-order valence-electron chi connectivity index (χ3n) is 3.40. The van der Waals surface area contributed by atoms with Crippen molar-refractivity contribution in [3.63, 3.8) is 0 Å². The first-order valence-electron chi connectivity index (χ1n) is 7.52. The quantitative estimate of drug-likeness (QED) is 0.871. The summed E-state index contributed by atoms with van der Waals surface area (Å²) >= 11 is 5.99. The third kappa shape index (κ3) is 5.34. The monoisotopic (exact) mass is 324 g/mol. The zero-order chi connectivity index (χ0) is 16.9. The van der Waals surface area contributed by atoms with E-state index in [-0.39, 0.29) is 17.9 Å². The van der Waals surface area contributed by atoms with Crippen molar-refractivity contribution >= 4 is 23.4 Å². The van der Waals surface area contributed by atoms with Gasteiger partial charge in [-0.25, -0.2) is 0 Å². The van der Waals surface area contributed by atoms with Crippen LogP contribution < -0.4 is 10.6 Å². The number of halogens is 1. The topological polar surface area (TPSA) is 58.2 Å². The maximum Gasteiger partial charge on any atom is 0.242 e. The summed E-state index contributed by atoms with van der Waals surface area (Å²) < 4.78 is 0. The van der Waals surface area contributed by atoms with Crippen LogP contribution >= 0.6 is 11.6 Å². The molecular weight excluding hydrogens is 300 g/mol. The van der Waals surface area contributed by atoms with Crippen LogP contribution in [0.4, 0.5) is 0 Å². The molecule has 4 nitrogen and oxygen atoms in total. The van der Waals surface area contributed by atoms with Crippen LogP contribution in [0.3, 0.4) is 0 Å². The van der Waals surface area contributed by atoms with Crippen LogP contribution in [0.25, 0.3) is 0 Å². The molecule has 0 fully saturated rings. The van der Waals surface area contributed by atoms with E-state index in [4.69, 9.17) is 11.6 Å². The lowest BCUT2D eigenvalue weighted by Gasteiger charge is -2.24. The van der Waals surface area contributed by atoms with E-state index < -0.39 is 11.5 Å². The number of nitrogens with one attached hydrogen (secondary N) is 2. The molecule has 0 saturated carbocycles. The Bertz CT molecular complexity index is 538. The summed E-state index contributed by atoms with van der Waals surface area (Å²) in [4.78, 5) is 24.2. The molecule has 22 heavy (non-hydrogen) atoms. The molecule has 2 amide bonds. The summed E-state index contributed by atoms with van der Waals surface area (Å²) in [6.45, 7) is 9.11. The second-order valence-electron chi connectivity index (χ2n) is 6.47. The van der Waals surface area contributed by atoms with Gasteiger partial charge in [-0.15, -0.1) is 0 Å². The van der Waals surface area contributed by atoms with Crippen molar-refractivity contribution < 1.29 is 9.59 Å². The number of benzene rings is 1. The highest BCUT2D eigenvalue weighted by Gasteiger charge is 2.26. The Morgan fingerprint density at radius 2 is 1.86 bits per heavy atom. The van der Waals surface area contributed by atoms with E-state index in [1.807, 2.05) is 45.9 Å². The highest BCUT2D eigenvalue weighted by Crippen LogP contribution is 2.20. The van der Waals surface area contributed by atoms with Gasteiger partial charge in [-0.2, -0.15) is 0 Å². The van der Waals surface area contributed by atoms with Crippen molar-refractivity contribution in [2.24, 2.45) is 5.41 Å². The standard InChI is InChI=1S/C17H25ClN2O2/c1-6-14(12-8-7-9-13(18)10-12)20-15(21)11(2)19-16(22)17(3,4)5/h7-11,14H,6H2,1-5H3,(H,19,22)(H,20,21). The van der Waals surface area contributed by atoms with E-state index in [1.165, 1.54) is 0 Å². The van der Waals surface area contributed by atoms with Crippen molar-refractivity contribution in [2.75, 3.05) is 0 Å². The second kappa shape index (κ2) is 7.63. The lowest BCUT2D eigenvalue weighted by Crippen LogP contribution is -2.48. The number of carbonyl (C=O) groups is 2. The summed E-state index contributed by atoms with van der Waals surface area (Å²) in [7, 11) is 0. The van der Waals surface area contributed by atoms with E-state index >= 15 is 0 Å². The van der Waals surface area contributed by atoms with Gasteiger partial charge in [0.15, 0.2) is 0 Å². The van der Waals surface area contributed by atoms with Gasteiger partial charge in [-0.3, -0.25) is 9.59 Å². The van der Waals surface area contributed by atoms with E-state index in [1.54, 1.807) is 13.0 Å². The van der Waals surface area contributed by atoms with Gasteiger partial charge in [0.1, 0.15) is 6.04 Å². The highest BCUT2D eigenvalue weighted by molar-refractivity contribution is 6.30. The van der Waals surface area contributed by atoms with Crippen LogP contribution in [0.2, 0.25) is 5.02 Å². The van der Waals surface area contributed by atoms with Crippen LogP contribution in [0.5, 0.6) is 0 Å². The number of hydrogen-bond donors (Lipinski definition) is 2. The SMILES string of the molecule is CCC(NC(=O)C(C)NC(=O)C(C)(C)C)c1cccc(Cl)c1. The third-order valence-corrected chi connectivity index (χ3v) is 3.63. The van der Waals surface area contributed by atoms with Gasteiger partial charge >= 0.3 is 0 Å². The number of rotatable bonds is 5. The normalized spacial score (nSPS) is 14.1. The summed E-state index contributed by atoms with van der Waals surface area (Å²) in [5.41, 5.74) is 0.434. The molecule has 0 aromatic heterocycles. The molecule has 2 atom stereocenters. The molecule has 1 rings (SSSR count). The molecule has 0 aliphatic carbocycles. The Hall–Kier alpha value is -1.55. The maximum absolute atomic E-state index is 12.3. The Kier molecular flexibility index (Phi) is 6.42. The van der Waals surface area contributed by atoms with Gasteiger partial charge in [0.05, 0.1) is 6.04 Å². The van der Waals surface area contributed by atoms with Crippen LogP contribution in [-0.4, -0.2) is 17.9 Å². The lowest BCUT2D eigenvalue weighted by atomic mass is 9.95. The average molecular weight is 325 g/mol. The summed E-state index contributed by atoms with van der Waals surface area (Å²) in [6, 6.07) is 6.72. The van der Waals surface area contributed by atoms with E-state index in [0.717, 1.165) is 12.0 Å². The fourth-order valence-corrected chi connectivity index (χ4v) is 2.12. The Balaban J connectivity index is 2.71. The summed E-state index contributed by atoms with van der Waals surface area (Å²) in [5, 5.41) is 6.33. The Morgan fingerprint density at radius 1 is 1.23 bits per heavy atom. The van der Waals surface area contributed by atoms with Gasteiger partial charge in [0.2, 0.25) is 11.8 Å².